The summed E-state index contributed by atoms with van der Waals surface area (Å²) in [6.07, 6.45) is 3.16. The Morgan fingerprint density at radius 3 is 2.76 bits per heavy atom. The van der Waals surface area contributed by atoms with Crippen LogP contribution < -0.4 is 10.1 Å². The number of benzene rings is 2. The van der Waals surface area contributed by atoms with Gasteiger partial charge in [0.1, 0.15) is 11.4 Å². The Morgan fingerprint density at radius 2 is 2.08 bits per heavy atom. The molecule has 3 rings (SSSR count). The largest absolute Gasteiger partial charge is 0.497 e. The molecule has 126 valence electrons. The molecule has 8 nitrogen and oxygen atoms in total. The van der Waals surface area contributed by atoms with E-state index in [1.54, 1.807) is 48.8 Å². The van der Waals surface area contributed by atoms with Crippen LogP contribution in [0.2, 0.25) is 0 Å². The zero-order chi connectivity index (χ0) is 17.8. The Bertz CT molecular complexity index is 922. The number of anilines is 1. The fourth-order valence-corrected chi connectivity index (χ4v) is 2.33. The van der Waals surface area contributed by atoms with Gasteiger partial charge in [0.2, 0.25) is 0 Å². The molecule has 2 N–H and O–H groups in total. The van der Waals surface area contributed by atoms with Crippen LogP contribution in [0.5, 0.6) is 5.75 Å². The first-order valence-corrected chi connectivity index (χ1v) is 7.34. The molecule has 0 aliphatic carbocycles. The van der Waals surface area contributed by atoms with Crippen molar-refractivity contribution in [3.05, 3.63) is 71.4 Å². The second-order valence-electron chi connectivity index (χ2n) is 5.11. The maximum Gasteiger partial charge on any atom is 0.342 e. The van der Waals surface area contributed by atoms with E-state index in [1.807, 2.05) is 0 Å². The van der Waals surface area contributed by atoms with Gasteiger partial charge in [0.15, 0.2) is 0 Å². The van der Waals surface area contributed by atoms with E-state index in [0.29, 0.717) is 17.1 Å². The first-order valence-electron chi connectivity index (χ1n) is 7.34. The average Bonchev–Trinajstić information content (AvgIpc) is 3.15. The molecule has 0 radical (unpaired) electrons. The second-order valence-corrected chi connectivity index (χ2v) is 5.11. The van der Waals surface area contributed by atoms with Gasteiger partial charge in [0, 0.05) is 35.8 Å². The van der Waals surface area contributed by atoms with Gasteiger partial charge in [-0.3, -0.25) is 4.79 Å². The lowest BCUT2D eigenvalue weighted by molar-refractivity contribution is -0.729. The molecule has 0 unspecified atom stereocenters. The van der Waals surface area contributed by atoms with Gasteiger partial charge in [0.25, 0.3) is 10.8 Å². The van der Waals surface area contributed by atoms with Gasteiger partial charge in [-0.1, -0.05) is 6.07 Å². The number of ether oxygens (including phenoxy) is 1. The lowest BCUT2D eigenvalue weighted by Crippen LogP contribution is -2.13. The SMILES string of the molecule is COc1cccc(NC(=O)c2ccc(-n3cccn3)c([N+](=O)O)c2)c1. The Morgan fingerprint density at radius 1 is 1.24 bits per heavy atom. The van der Waals surface area contributed by atoms with Crippen molar-refractivity contribution in [1.82, 2.24) is 9.78 Å². The van der Waals surface area contributed by atoms with Gasteiger partial charge in [-0.15, -0.1) is 0 Å². The Kier molecular flexibility index (Phi) is 4.42. The molecule has 1 aromatic heterocycles. The number of methoxy groups -OCH3 is 1. The number of amides is 1. The molecule has 0 bridgehead atoms. The van der Waals surface area contributed by atoms with Gasteiger partial charge in [-0.25, -0.2) is 9.89 Å². The van der Waals surface area contributed by atoms with E-state index in [4.69, 9.17) is 4.74 Å². The van der Waals surface area contributed by atoms with Crippen molar-refractivity contribution in [3.63, 3.8) is 0 Å². The highest BCUT2D eigenvalue weighted by molar-refractivity contribution is 6.05. The Labute approximate surface area is 142 Å². The number of carbonyl (C=O) groups is 1. The molecule has 0 fully saturated rings. The molecule has 0 spiro atoms. The summed E-state index contributed by atoms with van der Waals surface area (Å²) in [7, 11) is 1.53. The third kappa shape index (κ3) is 3.47. The number of hydrogen-bond acceptors (Lipinski definition) is 4. The molecule has 1 amide bonds. The van der Waals surface area contributed by atoms with Crippen LogP contribution in [0.1, 0.15) is 10.4 Å². The summed E-state index contributed by atoms with van der Waals surface area (Å²) in [5, 5.41) is 16.1. The molecule has 0 atom stereocenters. The monoisotopic (exact) mass is 339 g/mol. The van der Waals surface area contributed by atoms with E-state index in [-0.39, 0.29) is 16.2 Å². The van der Waals surface area contributed by atoms with Crippen molar-refractivity contribution < 1.29 is 19.7 Å². The summed E-state index contributed by atoms with van der Waals surface area (Å²) < 4.78 is 6.52. The summed E-state index contributed by atoms with van der Waals surface area (Å²) in [6, 6.07) is 12.9. The lowest BCUT2D eigenvalue weighted by atomic mass is 10.1. The van der Waals surface area contributed by atoms with Crippen LogP contribution in [0, 0.1) is 4.91 Å². The van der Waals surface area contributed by atoms with Crippen LogP contribution in [-0.4, -0.2) is 32.9 Å². The molecule has 8 heteroatoms. The second kappa shape index (κ2) is 6.83. The molecule has 25 heavy (non-hydrogen) atoms. The van der Waals surface area contributed by atoms with Crippen molar-refractivity contribution in [3.8, 4) is 11.4 Å². The van der Waals surface area contributed by atoms with E-state index in [9.17, 15) is 14.9 Å². The molecular weight excluding hydrogens is 324 g/mol. The molecule has 0 saturated carbocycles. The highest BCUT2D eigenvalue weighted by Gasteiger charge is 2.23. The molecule has 3 aromatic rings. The van der Waals surface area contributed by atoms with Crippen LogP contribution >= 0.6 is 0 Å². The zero-order valence-corrected chi connectivity index (χ0v) is 13.3. The third-order valence-electron chi connectivity index (χ3n) is 3.52. The molecule has 0 saturated heterocycles. The minimum absolute atomic E-state index is 0.0954. The zero-order valence-electron chi connectivity index (χ0n) is 13.3. The number of aromatic nitrogens is 2. The standard InChI is InChI=1S/C17H14N4O4/c1-25-14-5-2-4-13(11-14)19-17(22)12-6-7-15(16(10-12)21(23)24)20-9-3-8-18-20/h2-11H,1H3,(H-,19,22,23,24)/p+1. The predicted octanol–water partition coefficient (Wildman–Crippen LogP) is 2.93. The molecule has 1 heterocycles. The molecule has 0 aliphatic heterocycles. The first kappa shape index (κ1) is 16.2. The average molecular weight is 339 g/mol. The van der Waals surface area contributed by atoms with Crippen molar-refractivity contribution in [2.75, 3.05) is 12.4 Å². The lowest BCUT2D eigenvalue weighted by Gasteiger charge is -2.08. The van der Waals surface area contributed by atoms with E-state index >= 15 is 0 Å². The quantitative estimate of drug-likeness (QED) is 0.697. The normalized spacial score (nSPS) is 10.3. The van der Waals surface area contributed by atoms with Crippen molar-refractivity contribution in [2.24, 2.45) is 0 Å². The topological polar surface area (TPSA) is 96.5 Å². The van der Waals surface area contributed by atoms with Gasteiger partial charge in [0.05, 0.1) is 12.0 Å². The van der Waals surface area contributed by atoms with Crippen molar-refractivity contribution >= 4 is 17.3 Å². The van der Waals surface area contributed by atoms with Crippen LogP contribution in [-0.2, 0) is 0 Å². The number of carbonyl (C=O) groups excluding carboxylic acids is 1. The molecule has 2 aromatic carbocycles. The highest BCUT2D eigenvalue weighted by atomic mass is 16.6. The fraction of sp³-hybridized carbons (Fsp3) is 0.0588. The predicted molar refractivity (Wildman–Crippen MR) is 89.6 cm³/mol. The van der Waals surface area contributed by atoms with E-state index in [2.05, 4.69) is 10.4 Å². The van der Waals surface area contributed by atoms with Gasteiger partial charge in [-0.05, 0) is 30.3 Å². The number of rotatable bonds is 5. The maximum absolute atomic E-state index is 12.4. The highest BCUT2D eigenvalue weighted by Crippen LogP contribution is 2.24. The molecule has 0 aliphatic rings. The first-order chi connectivity index (χ1) is 12.1. The van der Waals surface area contributed by atoms with E-state index in [1.165, 1.54) is 23.9 Å². The Balaban J connectivity index is 1.90. The summed E-state index contributed by atoms with van der Waals surface area (Å²) in [6.45, 7) is 0. The minimum atomic E-state index is -0.427. The maximum atomic E-state index is 12.4. The van der Waals surface area contributed by atoms with Crippen molar-refractivity contribution in [1.29, 1.82) is 0 Å². The summed E-state index contributed by atoms with van der Waals surface area (Å²) in [5.74, 6) is 0.178. The van der Waals surface area contributed by atoms with E-state index < -0.39 is 5.91 Å². The summed E-state index contributed by atoms with van der Waals surface area (Å²) in [4.78, 5) is 23.6. The number of nitrogens with one attached hydrogen (secondary N) is 1. The van der Waals surface area contributed by atoms with Gasteiger partial charge >= 0.3 is 5.69 Å². The number of nitrogens with zero attached hydrogens (tertiary/aromatic N) is 3. The minimum Gasteiger partial charge on any atom is -0.497 e. The molecular formula is C17H15N4O4+. The van der Waals surface area contributed by atoms with Gasteiger partial charge < -0.3 is 10.1 Å². The van der Waals surface area contributed by atoms with Crippen molar-refractivity contribution in [2.45, 2.75) is 0 Å². The smallest absolute Gasteiger partial charge is 0.342 e. The van der Waals surface area contributed by atoms with Gasteiger partial charge in [-0.2, -0.15) is 5.10 Å². The number of hydrogen-bond donors (Lipinski definition) is 2. The van der Waals surface area contributed by atoms with E-state index in [0.717, 1.165) is 0 Å². The van der Waals surface area contributed by atoms with Crippen LogP contribution in [0.25, 0.3) is 5.69 Å². The van der Waals surface area contributed by atoms with Crippen LogP contribution in [0.4, 0.5) is 11.4 Å². The Hall–Kier alpha value is -3.68. The summed E-state index contributed by atoms with van der Waals surface area (Å²) in [5.41, 5.74) is 1.01. The summed E-state index contributed by atoms with van der Waals surface area (Å²) >= 11 is 0. The third-order valence-corrected chi connectivity index (χ3v) is 3.52. The fourth-order valence-electron chi connectivity index (χ4n) is 2.33. The van der Waals surface area contributed by atoms with Crippen LogP contribution in [0.15, 0.2) is 60.9 Å². The van der Waals surface area contributed by atoms with Crippen LogP contribution in [0.3, 0.4) is 0 Å².